The van der Waals surface area contributed by atoms with Gasteiger partial charge in [-0.2, -0.15) is 5.11 Å². The summed E-state index contributed by atoms with van der Waals surface area (Å²) in [6.07, 6.45) is 0. The molecular formula is C20H14Cl2N4O3. The minimum absolute atomic E-state index is 0.0341. The first-order chi connectivity index (χ1) is 14.0. The third-order valence-corrected chi connectivity index (χ3v) is 5.13. The first-order valence-electron chi connectivity index (χ1n) is 8.66. The van der Waals surface area contributed by atoms with Gasteiger partial charge in [-0.3, -0.25) is 10.1 Å². The Morgan fingerprint density at radius 2 is 1.66 bits per heavy atom. The first kappa shape index (κ1) is 19.3. The van der Waals surface area contributed by atoms with E-state index >= 15 is 0 Å². The molecule has 1 heterocycles. The van der Waals surface area contributed by atoms with Crippen LogP contribution in [0.1, 0.15) is 0 Å². The van der Waals surface area contributed by atoms with Crippen LogP contribution in [0.25, 0.3) is 21.8 Å². The number of nitrogens with zero attached hydrogens (tertiary/aromatic N) is 4. The third-order valence-electron chi connectivity index (χ3n) is 4.56. The second-order valence-corrected chi connectivity index (χ2v) is 7.12. The summed E-state index contributed by atoms with van der Waals surface area (Å²) < 4.78 is 2.05. The third kappa shape index (κ3) is 3.55. The fourth-order valence-electron chi connectivity index (χ4n) is 3.31. The van der Waals surface area contributed by atoms with Gasteiger partial charge in [0, 0.05) is 40.5 Å². The molecule has 4 aromatic rings. The van der Waals surface area contributed by atoms with E-state index in [0.717, 1.165) is 21.8 Å². The van der Waals surface area contributed by atoms with E-state index in [1.54, 1.807) is 6.07 Å². The van der Waals surface area contributed by atoms with Crippen LogP contribution in [0.4, 0.5) is 17.1 Å². The van der Waals surface area contributed by atoms with Crippen molar-refractivity contribution in [3.05, 3.63) is 74.8 Å². The number of nitro groups is 1. The van der Waals surface area contributed by atoms with Gasteiger partial charge in [-0.15, -0.1) is 5.11 Å². The topological polar surface area (TPSA) is 93.0 Å². The molecule has 0 saturated heterocycles. The zero-order chi connectivity index (χ0) is 20.5. The highest BCUT2D eigenvalue weighted by atomic mass is 35.5. The Kier molecular flexibility index (Phi) is 5.19. The van der Waals surface area contributed by atoms with Crippen molar-refractivity contribution in [3.8, 4) is 0 Å². The quantitative estimate of drug-likeness (QED) is 0.225. The lowest BCUT2D eigenvalue weighted by atomic mass is 10.1. The molecule has 7 nitrogen and oxygen atoms in total. The molecule has 0 fully saturated rings. The minimum atomic E-state index is -0.575. The van der Waals surface area contributed by atoms with Gasteiger partial charge in [-0.05, 0) is 24.3 Å². The minimum Gasteiger partial charge on any atom is -0.395 e. The van der Waals surface area contributed by atoms with Crippen LogP contribution in [0.5, 0.6) is 0 Å². The number of para-hydroxylation sites is 1. The van der Waals surface area contributed by atoms with Gasteiger partial charge in [-0.1, -0.05) is 41.4 Å². The van der Waals surface area contributed by atoms with E-state index in [2.05, 4.69) is 14.8 Å². The maximum absolute atomic E-state index is 10.9. The average molecular weight is 429 g/mol. The predicted octanol–water partition coefficient (Wildman–Crippen LogP) is 6.42. The molecule has 146 valence electrons. The molecule has 0 saturated carbocycles. The van der Waals surface area contributed by atoms with Gasteiger partial charge >= 0.3 is 0 Å². The van der Waals surface area contributed by atoms with Crippen LogP contribution < -0.4 is 0 Å². The number of aliphatic hydroxyl groups is 1. The Hall–Kier alpha value is -3.00. The van der Waals surface area contributed by atoms with Crippen molar-refractivity contribution in [2.75, 3.05) is 6.61 Å². The Labute approximate surface area is 175 Å². The molecule has 1 N–H and O–H groups in total. The number of rotatable bonds is 5. The summed E-state index contributed by atoms with van der Waals surface area (Å²) in [5.41, 5.74) is 2.53. The van der Waals surface area contributed by atoms with Crippen molar-refractivity contribution in [2.24, 2.45) is 10.2 Å². The van der Waals surface area contributed by atoms with Crippen molar-refractivity contribution >= 4 is 62.1 Å². The number of aromatic nitrogens is 1. The van der Waals surface area contributed by atoms with Crippen molar-refractivity contribution < 1.29 is 10.0 Å². The molecule has 0 aliphatic heterocycles. The maximum atomic E-state index is 10.9. The number of hydrogen-bond donors (Lipinski definition) is 1. The molecule has 0 amide bonds. The molecule has 0 atom stereocenters. The lowest BCUT2D eigenvalue weighted by Crippen LogP contribution is -2.00. The van der Waals surface area contributed by atoms with Gasteiger partial charge in [0.1, 0.15) is 5.69 Å². The summed E-state index contributed by atoms with van der Waals surface area (Å²) in [6, 6.07) is 15.9. The predicted molar refractivity (Wildman–Crippen MR) is 114 cm³/mol. The number of benzene rings is 3. The molecule has 3 aromatic carbocycles. The van der Waals surface area contributed by atoms with E-state index in [0.29, 0.717) is 12.2 Å². The van der Waals surface area contributed by atoms with E-state index in [9.17, 15) is 15.2 Å². The van der Waals surface area contributed by atoms with Crippen LogP contribution in [0.2, 0.25) is 10.0 Å². The van der Waals surface area contributed by atoms with Gasteiger partial charge < -0.3 is 9.67 Å². The van der Waals surface area contributed by atoms with Gasteiger partial charge in [-0.25, -0.2) is 0 Å². The van der Waals surface area contributed by atoms with E-state index in [1.807, 2.05) is 36.4 Å². The first-order valence-corrected chi connectivity index (χ1v) is 9.42. The van der Waals surface area contributed by atoms with E-state index in [1.165, 1.54) is 12.1 Å². The average Bonchev–Trinajstić information content (AvgIpc) is 3.01. The van der Waals surface area contributed by atoms with Crippen LogP contribution >= 0.6 is 23.2 Å². The lowest BCUT2D eigenvalue weighted by Gasteiger charge is -2.04. The molecule has 1 aromatic heterocycles. The second kappa shape index (κ2) is 7.79. The molecule has 4 rings (SSSR count). The van der Waals surface area contributed by atoms with Crippen LogP contribution in [0.3, 0.4) is 0 Å². The summed E-state index contributed by atoms with van der Waals surface area (Å²) >= 11 is 12.2. The molecule has 0 aliphatic rings. The maximum Gasteiger partial charge on any atom is 0.272 e. The molecule has 0 radical (unpaired) electrons. The summed E-state index contributed by atoms with van der Waals surface area (Å²) in [4.78, 5) is 10.3. The van der Waals surface area contributed by atoms with Crippen LogP contribution in [0.15, 0.2) is 64.8 Å². The molecule has 0 aliphatic carbocycles. The number of non-ortho nitro benzene ring substituents is 1. The van der Waals surface area contributed by atoms with Gasteiger partial charge in [0.2, 0.25) is 0 Å². The smallest absolute Gasteiger partial charge is 0.272 e. The van der Waals surface area contributed by atoms with Crippen molar-refractivity contribution in [1.82, 2.24) is 4.57 Å². The number of aliphatic hydroxyl groups excluding tert-OH is 1. The summed E-state index contributed by atoms with van der Waals surface area (Å²) in [5, 5.41) is 30.7. The highest BCUT2D eigenvalue weighted by Gasteiger charge is 2.15. The SMILES string of the molecule is O=[N+]([O-])c1cc(Cl)c(N=Nc2ccc3c(c2)c2ccccc2n3CCO)c(Cl)c1. The molecule has 0 bridgehead atoms. The van der Waals surface area contributed by atoms with Gasteiger partial charge in [0.15, 0.2) is 0 Å². The Balaban J connectivity index is 1.78. The molecule has 9 heteroatoms. The number of hydrogen-bond acceptors (Lipinski definition) is 5. The van der Waals surface area contributed by atoms with Crippen molar-refractivity contribution in [1.29, 1.82) is 0 Å². The standard InChI is InChI=1S/C20H14Cl2N4O3/c21-16-10-13(26(28)29)11-17(22)20(16)24-23-12-5-6-19-15(9-12)14-3-1-2-4-18(14)25(19)7-8-27/h1-6,9-11,27H,7-8H2. The fourth-order valence-corrected chi connectivity index (χ4v) is 3.86. The number of azo groups is 1. The Morgan fingerprint density at radius 3 is 2.34 bits per heavy atom. The second-order valence-electron chi connectivity index (χ2n) is 6.31. The monoisotopic (exact) mass is 428 g/mol. The molecule has 0 unspecified atom stereocenters. The molecule has 0 spiro atoms. The molecular weight excluding hydrogens is 415 g/mol. The Bertz CT molecular complexity index is 1260. The molecule has 29 heavy (non-hydrogen) atoms. The van der Waals surface area contributed by atoms with Crippen LogP contribution in [-0.2, 0) is 6.54 Å². The van der Waals surface area contributed by atoms with E-state index in [-0.39, 0.29) is 28.0 Å². The van der Waals surface area contributed by atoms with E-state index in [4.69, 9.17) is 23.2 Å². The Morgan fingerprint density at radius 1 is 0.966 bits per heavy atom. The number of nitro benzene ring substituents is 1. The summed E-state index contributed by atoms with van der Waals surface area (Å²) in [5.74, 6) is 0. The number of fused-ring (bicyclic) bond motifs is 3. The van der Waals surface area contributed by atoms with Crippen molar-refractivity contribution in [2.45, 2.75) is 6.54 Å². The highest BCUT2D eigenvalue weighted by Crippen LogP contribution is 2.38. The van der Waals surface area contributed by atoms with E-state index < -0.39 is 4.92 Å². The zero-order valence-corrected chi connectivity index (χ0v) is 16.4. The van der Waals surface area contributed by atoms with Crippen molar-refractivity contribution in [3.63, 3.8) is 0 Å². The van der Waals surface area contributed by atoms with Crippen LogP contribution in [0, 0.1) is 10.1 Å². The summed E-state index contributed by atoms with van der Waals surface area (Å²) in [7, 11) is 0. The highest BCUT2D eigenvalue weighted by molar-refractivity contribution is 6.39. The van der Waals surface area contributed by atoms with Gasteiger partial charge in [0.05, 0.1) is 27.3 Å². The van der Waals surface area contributed by atoms with Gasteiger partial charge in [0.25, 0.3) is 5.69 Å². The zero-order valence-electron chi connectivity index (χ0n) is 14.9. The van der Waals surface area contributed by atoms with Crippen LogP contribution in [-0.4, -0.2) is 21.2 Å². The largest absolute Gasteiger partial charge is 0.395 e. The number of halogens is 2. The normalized spacial score (nSPS) is 11.7. The fraction of sp³-hybridized carbons (Fsp3) is 0.100. The lowest BCUT2D eigenvalue weighted by molar-refractivity contribution is -0.384. The summed E-state index contributed by atoms with van der Waals surface area (Å²) in [6.45, 7) is 0.519.